The predicted octanol–water partition coefficient (Wildman–Crippen LogP) is 0.689. The number of nitrogens with zero attached hydrogens (tertiary/aromatic N) is 2. The summed E-state index contributed by atoms with van der Waals surface area (Å²) in [5.74, 6) is -0.471. The summed E-state index contributed by atoms with van der Waals surface area (Å²) < 4.78 is 4.52. The van der Waals surface area contributed by atoms with Gasteiger partial charge in [0, 0.05) is 20.0 Å². The molecule has 0 atom stereocenters. The highest BCUT2D eigenvalue weighted by Gasteiger charge is 2.13. The number of carbonyl (C=O) groups excluding carboxylic acids is 2. The quantitative estimate of drug-likeness (QED) is 0.778. The van der Waals surface area contributed by atoms with Crippen molar-refractivity contribution in [3.05, 3.63) is 24.0 Å². The highest BCUT2D eigenvalue weighted by Crippen LogP contribution is 2.05. The Morgan fingerprint density at radius 1 is 1.44 bits per heavy atom. The standard InChI is InChI=1S/C12H17N3O3/c1-15(7-3-4-11(16)18-2)12(17)10-6-5-9(13)8-14-10/h5-6,8H,3-4,7,13H2,1-2H3. The van der Waals surface area contributed by atoms with Crippen molar-refractivity contribution in [2.45, 2.75) is 12.8 Å². The number of nitrogen functional groups attached to an aromatic ring is 1. The van der Waals surface area contributed by atoms with Crippen LogP contribution in [0.5, 0.6) is 0 Å². The van der Waals surface area contributed by atoms with Crippen LogP contribution in [-0.4, -0.2) is 42.5 Å². The zero-order chi connectivity index (χ0) is 13.5. The molecule has 0 saturated carbocycles. The summed E-state index contributed by atoms with van der Waals surface area (Å²) in [6, 6.07) is 3.21. The average Bonchev–Trinajstić information content (AvgIpc) is 2.38. The normalized spacial score (nSPS) is 9.89. The Balaban J connectivity index is 2.46. The van der Waals surface area contributed by atoms with Crippen LogP contribution in [0.3, 0.4) is 0 Å². The molecule has 0 aromatic carbocycles. The van der Waals surface area contributed by atoms with E-state index in [0.717, 1.165) is 0 Å². The summed E-state index contributed by atoms with van der Waals surface area (Å²) in [4.78, 5) is 28.3. The van der Waals surface area contributed by atoms with Gasteiger partial charge in [-0.05, 0) is 18.6 Å². The summed E-state index contributed by atoms with van der Waals surface area (Å²) in [5.41, 5.74) is 6.34. The third kappa shape index (κ3) is 4.04. The Morgan fingerprint density at radius 3 is 2.72 bits per heavy atom. The van der Waals surface area contributed by atoms with Gasteiger partial charge in [-0.2, -0.15) is 0 Å². The Bertz CT molecular complexity index is 417. The van der Waals surface area contributed by atoms with Crippen molar-refractivity contribution in [1.29, 1.82) is 0 Å². The minimum Gasteiger partial charge on any atom is -0.469 e. The number of methoxy groups -OCH3 is 1. The van der Waals surface area contributed by atoms with E-state index in [1.165, 1.54) is 18.2 Å². The maximum atomic E-state index is 11.9. The number of ether oxygens (including phenoxy) is 1. The molecule has 0 bridgehead atoms. The lowest BCUT2D eigenvalue weighted by Gasteiger charge is -2.16. The SMILES string of the molecule is COC(=O)CCCN(C)C(=O)c1ccc(N)cn1. The first-order chi connectivity index (χ1) is 8.54. The van der Waals surface area contributed by atoms with Crippen molar-refractivity contribution < 1.29 is 14.3 Å². The number of carbonyl (C=O) groups is 2. The molecule has 0 radical (unpaired) electrons. The van der Waals surface area contributed by atoms with E-state index >= 15 is 0 Å². The smallest absolute Gasteiger partial charge is 0.305 e. The Labute approximate surface area is 106 Å². The van der Waals surface area contributed by atoms with Crippen LogP contribution in [0, 0.1) is 0 Å². The van der Waals surface area contributed by atoms with Crippen molar-refractivity contribution >= 4 is 17.6 Å². The van der Waals surface area contributed by atoms with E-state index in [-0.39, 0.29) is 11.9 Å². The molecule has 0 aliphatic heterocycles. The molecule has 0 aliphatic carbocycles. The van der Waals surface area contributed by atoms with E-state index in [0.29, 0.717) is 30.8 Å². The lowest BCUT2D eigenvalue weighted by molar-refractivity contribution is -0.140. The van der Waals surface area contributed by atoms with E-state index in [1.54, 1.807) is 19.2 Å². The molecule has 2 N–H and O–H groups in total. The van der Waals surface area contributed by atoms with Gasteiger partial charge in [-0.25, -0.2) is 4.98 Å². The Morgan fingerprint density at radius 2 is 2.17 bits per heavy atom. The van der Waals surface area contributed by atoms with Gasteiger partial charge in [0.25, 0.3) is 5.91 Å². The maximum absolute atomic E-state index is 11.9. The van der Waals surface area contributed by atoms with Gasteiger partial charge < -0.3 is 15.4 Å². The molecule has 1 aromatic rings. The number of anilines is 1. The maximum Gasteiger partial charge on any atom is 0.305 e. The fraction of sp³-hybridized carbons (Fsp3) is 0.417. The zero-order valence-corrected chi connectivity index (χ0v) is 10.5. The van der Waals surface area contributed by atoms with Crippen molar-refractivity contribution in [2.75, 3.05) is 26.4 Å². The zero-order valence-electron chi connectivity index (χ0n) is 10.5. The van der Waals surface area contributed by atoms with Crippen LogP contribution >= 0.6 is 0 Å². The summed E-state index contributed by atoms with van der Waals surface area (Å²) in [6.45, 7) is 0.472. The molecular weight excluding hydrogens is 234 g/mol. The highest BCUT2D eigenvalue weighted by molar-refractivity contribution is 5.92. The third-order valence-corrected chi connectivity index (χ3v) is 2.45. The number of amides is 1. The predicted molar refractivity (Wildman–Crippen MR) is 66.9 cm³/mol. The van der Waals surface area contributed by atoms with Crippen LogP contribution in [0.15, 0.2) is 18.3 Å². The Hall–Kier alpha value is -2.11. The molecule has 98 valence electrons. The molecule has 0 saturated heterocycles. The largest absolute Gasteiger partial charge is 0.469 e. The first-order valence-electron chi connectivity index (χ1n) is 5.58. The molecule has 6 heteroatoms. The summed E-state index contributed by atoms with van der Waals surface area (Å²) in [5, 5.41) is 0. The molecule has 0 fully saturated rings. The fourth-order valence-corrected chi connectivity index (χ4v) is 1.39. The minimum atomic E-state index is -0.276. The van der Waals surface area contributed by atoms with E-state index in [2.05, 4.69) is 9.72 Å². The molecule has 1 heterocycles. The molecular formula is C12H17N3O3. The summed E-state index contributed by atoms with van der Waals surface area (Å²) in [6.07, 6.45) is 2.29. The van der Waals surface area contributed by atoms with Gasteiger partial charge in [0.1, 0.15) is 5.69 Å². The number of nitrogens with two attached hydrogens (primary N) is 1. The number of hydrogen-bond donors (Lipinski definition) is 1. The highest BCUT2D eigenvalue weighted by atomic mass is 16.5. The number of hydrogen-bond acceptors (Lipinski definition) is 5. The molecule has 0 spiro atoms. The van der Waals surface area contributed by atoms with Crippen LogP contribution in [0.4, 0.5) is 5.69 Å². The first kappa shape index (κ1) is 14.0. The van der Waals surface area contributed by atoms with E-state index in [9.17, 15) is 9.59 Å². The molecule has 0 aliphatic rings. The summed E-state index contributed by atoms with van der Waals surface area (Å²) in [7, 11) is 3.01. The second-order valence-electron chi connectivity index (χ2n) is 3.88. The van der Waals surface area contributed by atoms with Gasteiger partial charge in [-0.1, -0.05) is 0 Å². The van der Waals surface area contributed by atoms with Crippen LogP contribution in [-0.2, 0) is 9.53 Å². The van der Waals surface area contributed by atoms with Crippen molar-refractivity contribution in [2.24, 2.45) is 0 Å². The number of pyridine rings is 1. The van der Waals surface area contributed by atoms with Gasteiger partial charge in [0.05, 0.1) is 19.0 Å². The number of aromatic nitrogens is 1. The van der Waals surface area contributed by atoms with Crippen molar-refractivity contribution in [3.8, 4) is 0 Å². The molecule has 6 nitrogen and oxygen atoms in total. The monoisotopic (exact) mass is 251 g/mol. The average molecular weight is 251 g/mol. The lowest BCUT2D eigenvalue weighted by Crippen LogP contribution is -2.28. The van der Waals surface area contributed by atoms with E-state index < -0.39 is 0 Å². The van der Waals surface area contributed by atoms with Crippen LogP contribution in [0.25, 0.3) is 0 Å². The molecule has 18 heavy (non-hydrogen) atoms. The topological polar surface area (TPSA) is 85.5 Å². The lowest BCUT2D eigenvalue weighted by atomic mass is 10.2. The van der Waals surface area contributed by atoms with Gasteiger partial charge in [-0.15, -0.1) is 0 Å². The van der Waals surface area contributed by atoms with Gasteiger partial charge >= 0.3 is 5.97 Å². The first-order valence-corrected chi connectivity index (χ1v) is 5.58. The second-order valence-corrected chi connectivity index (χ2v) is 3.88. The number of esters is 1. The number of rotatable bonds is 5. The van der Waals surface area contributed by atoms with Crippen molar-refractivity contribution in [3.63, 3.8) is 0 Å². The molecule has 1 aromatic heterocycles. The van der Waals surface area contributed by atoms with Crippen molar-refractivity contribution in [1.82, 2.24) is 9.88 Å². The minimum absolute atomic E-state index is 0.195. The third-order valence-electron chi connectivity index (χ3n) is 2.45. The second kappa shape index (κ2) is 6.58. The fourth-order valence-electron chi connectivity index (χ4n) is 1.39. The molecule has 1 amide bonds. The van der Waals surface area contributed by atoms with Crippen LogP contribution in [0.1, 0.15) is 23.3 Å². The van der Waals surface area contributed by atoms with Crippen LogP contribution in [0.2, 0.25) is 0 Å². The van der Waals surface area contributed by atoms with E-state index in [4.69, 9.17) is 5.73 Å². The molecule has 1 rings (SSSR count). The van der Waals surface area contributed by atoms with Gasteiger partial charge in [0.15, 0.2) is 0 Å². The van der Waals surface area contributed by atoms with Gasteiger partial charge in [0.2, 0.25) is 0 Å². The van der Waals surface area contributed by atoms with E-state index in [1.807, 2.05) is 0 Å². The van der Waals surface area contributed by atoms with Crippen LogP contribution < -0.4 is 5.73 Å². The van der Waals surface area contributed by atoms with Gasteiger partial charge in [-0.3, -0.25) is 9.59 Å². The Kier molecular flexibility index (Phi) is 5.10. The molecule has 0 unspecified atom stereocenters. The summed E-state index contributed by atoms with van der Waals surface area (Å²) >= 11 is 0.